The number of furan rings is 1. The average molecular weight is 451 g/mol. The number of nitrogens with one attached hydrogen (secondary N) is 1. The molecule has 0 spiro atoms. The van der Waals surface area contributed by atoms with Crippen LogP contribution in [0.5, 0.6) is 0 Å². The quantitative estimate of drug-likeness (QED) is 0.453. The lowest BCUT2D eigenvalue weighted by Gasteiger charge is -2.27. The van der Waals surface area contributed by atoms with Crippen LogP contribution in [-0.2, 0) is 0 Å². The van der Waals surface area contributed by atoms with Gasteiger partial charge >= 0.3 is 0 Å². The molecule has 1 saturated heterocycles. The normalized spacial score (nSPS) is 14.4. The predicted molar refractivity (Wildman–Crippen MR) is 117 cm³/mol. The van der Waals surface area contributed by atoms with Gasteiger partial charge in [0.2, 0.25) is 5.82 Å². The van der Waals surface area contributed by atoms with Crippen LogP contribution >= 0.6 is 15.9 Å². The lowest BCUT2D eigenvalue weighted by molar-refractivity contribution is 0.101. The third-order valence-electron chi connectivity index (χ3n) is 5.14. The first kappa shape index (κ1) is 18.1. The van der Waals surface area contributed by atoms with Gasteiger partial charge in [-0.3, -0.25) is 4.79 Å². The molecule has 1 fully saturated rings. The molecular formula is C22H19BrN4O2. The van der Waals surface area contributed by atoms with Crippen molar-refractivity contribution in [3.63, 3.8) is 0 Å². The first-order chi connectivity index (χ1) is 14.2. The number of fused-ring (bicyclic) bond motifs is 3. The Hall–Kier alpha value is -2.93. The van der Waals surface area contributed by atoms with Crippen LogP contribution in [0.1, 0.15) is 29.9 Å². The van der Waals surface area contributed by atoms with Gasteiger partial charge in [0.15, 0.2) is 11.4 Å². The Morgan fingerprint density at radius 3 is 2.69 bits per heavy atom. The lowest BCUT2D eigenvalue weighted by Crippen LogP contribution is -2.31. The van der Waals surface area contributed by atoms with Gasteiger partial charge in [0, 0.05) is 28.6 Å². The van der Waals surface area contributed by atoms with Crippen molar-refractivity contribution in [1.82, 2.24) is 9.97 Å². The summed E-state index contributed by atoms with van der Waals surface area (Å²) in [6.07, 6.45) is 3.41. The highest BCUT2D eigenvalue weighted by Gasteiger charge is 2.23. The highest BCUT2D eigenvalue weighted by Crippen LogP contribution is 2.34. The van der Waals surface area contributed by atoms with E-state index in [9.17, 15) is 4.79 Å². The highest BCUT2D eigenvalue weighted by molar-refractivity contribution is 9.10. The van der Waals surface area contributed by atoms with Gasteiger partial charge in [-0.15, -0.1) is 0 Å². The van der Waals surface area contributed by atoms with Gasteiger partial charge in [-0.2, -0.15) is 0 Å². The molecule has 6 nitrogen and oxygen atoms in total. The minimum atomic E-state index is -0.339. The Bertz CT molecular complexity index is 1210. The number of rotatable bonds is 3. The Kier molecular flexibility index (Phi) is 4.67. The summed E-state index contributed by atoms with van der Waals surface area (Å²) in [5.74, 6) is 0.503. The summed E-state index contributed by atoms with van der Waals surface area (Å²) in [5, 5.41) is 3.78. The fraction of sp³-hybridized carbons (Fsp3) is 0.227. The number of carbonyl (C=O) groups is 1. The lowest BCUT2D eigenvalue weighted by atomic mass is 10.1. The SMILES string of the molecule is O=C(Nc1cccc(Br)c1)c1nc(N2CCCCC2)c2oc3ccccc3c2n1. The topological polar surface area (TPSA) is 71.3 Å². The molecule has 7 heteroatoms. The molecule has 1 aliphatic rings. The van der Waals surface area contributed by atoms with E-state index in [1.807, 2.05) is 48.5 Å². The Balaban J connectivity index is 1.63. The van der Waals surface area contributed by atoms with E-state index in [-0.39, 0.29) is 11.7 Å². The maximum Gasteiger partial charge on any atom is 0.293 e. The third-order valence-corrected chi connectivity index (χ3v) is 5.64. The van der Waals surface area contributed by atoms with E-state index in [1.165, 1.54) is 6.42 Å². The third kappa shape index (κ3) is 3.46. The van der Waals surface area contributed by atoms with Crippen LogP contribution in [-0.4, -0.2) is 29.0 Å². The number of nitrogens with zero attached hydrogens (tertiary/aromatic N) is 3. The second kappa shape index (κ2) is 7.48. The zero-order valence-corrected chi connectivity index (χ0v) is 17.3. The number of hydrogen-bond acceptors (Lipinski definition) is 5. The van der Waals surface area contributed by atoms with Crippen molar-refractivity contribution in [3.8, 4) is 0 Å². The van der Waals surface area contributed by atoms with Gasteiger partial charge in [-0.05, 0) is 49.6 Å². The molecule has 4 aromatic rings. The first-order valence-electron chi connectivity index (χ1n) is 9.70. The second-order valence-electron chi connectivity index (χ2n) is 7.16. The maximum atomic E-state index is 13.0. The minimum Gasteiger partial charge on any atom is -0.450 e. The van der Waals surface area contributed by atoms with Gasteiger partial charge in [0.1, 0.15) is 11.1 Å². The number of para-hydroxylation sites is 1. The number of piperidine rings is 1. The van der Waals surface area contributed by atoms with Crippen molar-refractivity contribution in [1.29, 1.82) is 0 Å². The molecule has 3 heterocycles. The molecule has 0 bridgehead atoms. The van der Waals surface area contributed by atoms with Gasteiger partial charge in [-0.1, -0.05) is 34.1 Å². The van der Waals surface area contributed by atoms with Crippen LogP contribution in [0.2, 0.25) is 0 Å². The summed E-state index contributed by atoms with van der Waals surface area (Å²) in [4.78, 5) is 24.4. The van der Waals surface area contributed by atoms with Crippen LogP contribution in [0.25, 0.3) is 22.1 Å². The summed E-state index contributed by atoms with van der Waals surface area (Å²) in [5.41, 5.74) is 2.76. The summed E-state index contributed by atoms with van der Waals surface area (Å²) in [6.45, 7) is 1.80. The second-order valence-corrected chi connectivity index (χ2v) is 8.07. The molecule has 1 amide bonds. The summed E-state index contributed by atoms with van der Waals surface area (Å²) < 4.78 is 6.99. The van der Waals surface area contributed by atoms with Crippen molar-refractivity contribution in [3.05, 3.63) is 58.8 Å². The smallest absolute Gasteiger partial charge is 0.293 e. The van der Waals surface area contributed by atoms with Crippen LogP contribution in [0.3, 0.4) is 0 Å². The molecule has 5 rings (SSSR count). The predicted octanol–water partition coefficient (Wildman–Crippen LogP) is 5.38. The Labute approximate surface area is 176 Å². The zero-order chi connectivity index (χ0) is 19.8. The largest absolute Gasteiger partial charge is 0.450 e. The zero-order valence-electron chi connectivity index (χ0n) is 15.7. The van der Waals surface area contributed by atoms with Crippen molar-refractivity contribution in [2.24, 2.45) is 0 Å². The van der Waals surface area contributed by atoms with Crippen molar-refractivity contribution in [2.45, 2.75) is 19.3 Å². The van der Waals surface area contributed by atoms with E-state index >= 15 is 0 Å². The average Bonchev–Trinajstić information content (AvgIpc) is 3.12. The van der Waals surface area contributed by atoms with Crippen LogP contribution in [0.15, 0.2) is 57.4 Å². The molecule has 2 aromatic carbocycles. The summed E-state index contributed by atoms with van der Waals surface area (Å²) in [7, 11) is 0. The molecule has 1 aliphatic heterocycles. The number of aromatic nitrogens is 2. The number of benzene rings is 2. The van der Waals surface area contributed by atoms with Crippen LogP contribution in [0, 0.1) is 0 Å². The van der Waals surface area contributed by atoms with Gasteiger partial charge in [-0.25, -0.2) is 9.97 Å². The molecule has 1 N–H and O–H groups in total. The van der Waals surface area contributed by atoms with Crippen molar-refractivity contribution >= 4 is 55.4 Å². The van der Waals surface area contributed by atoms with Crippen molar-refractivity contribution in [2.75, 3.05) is 23.3 Å². The van der Waals surface area contributed by atoms with Gasteiger partial charge in [0.05, 0.1) is 0 Å². The molecule has 0 aliphatic carbocycles. The molecule has 0 unspecified atom stereocenters. The summed E-state index contributed by atoms with van der Waals surface area (Å²) >= 11 is 3.42. The molecule has 0 radical (unpaired) electrons. The van der Waals surface area contributed by atoms with Gasteiger partial charge < -0.3 is 14.6 Å². The fourth-order valence-electron chi connectivity index (χ4n) is 3.75. The standard InChI is InChI=1S/C22H19BrN4O2/c23-14-7-6-8-15(13-14)24-22(28)20-25-18-16-9-2-3-10-17(16)29-19(18)21(26-20)27-11-4-1-5-12-27/h2-3,6-10,13H,1,4-5,11-12H2,(H,24,28). The van der Waals surface area contributed by atoms with E-state index in [2.05, 4.69) is 36.1 Å². The van der Waals surface area contributed by atoms with E-state index in [0.717, 1.165) is 41.4 Å². The minimum absolute atomic E-state index is 0.143. The van der Waals surface area contributed by atoms with Crippen molar-refractivity contribution < 1.29 is 9.21 Å². The highest BCUT2D eigenvalue weighted by atomic mass is 79.9. The fourth-order valence-corrected chi connectivity index (χ4v) is 4.15. The first-order valence-corrected chi connectivity index (χ1v) is 10.5. The molecule has 0 atom stereocenters. The monoisotopic (exact) mass is 450 g/mol. The molecule has 2 aromatic heterocycles. The van der Waals surface area contributed by atoms with E-state index in [1.54, 1.807) is 0 Å². The number of halogens is 1. The van der Waals surface area contributed by atoms with Crippen LogP contribution in [0.4, 0.5) is 11.5 Å². The number of hydrogen-bond donors (Lipinski definition) is 1. The van der Waals surface area contributed by atoms with Gasteiger partial charge in [0.25, 0.3) is 5.91 Å². The number of amides is 1. The van der Waals surface area contributed by atoms with E-state index in [0.29, 0.717) is 22.6 Å². The van der Waals surface area contributed by atoms with E-state index < -0.39 is 0 Å². The van der Waals surface area contributed by atoms with Crippen LogP contribution < -0.4 is 10.2 Å². The number of anilines is 2. The van der Waals surface area contributed by atoms with E-state index in [4.69, 9.17) is 4.42 Å². The molecular weight excluding hydrogens is 432 g/mol. The molecule has 0 saturated carbocycles. The molecule has 146 valence electrons. The summed E-state index contributed by atoms with van der Waals surface area (Å²) in [6, 6.07) is 15.2. The Morgan fingerprint density at radius 2 is 1.86 bits per heavy atom. The number of carbonyl (C=O) groups excluding carboxylic acids is 1. The Morgan fingerprint density at radius 1 is 1.03 bits per heavy atom. The maximum absolute atomic E-state index is 13.0. The molecule has 29 heavy (non-hydrogen) atoms.